The van der Waals surface area contributed by atoms with Crippen molar-refractivity contribution in [3.8, 4) is 0 Å². The molecule has 5 rings (SSSR count). The van der Waals surface area contributed by atoms with E-state index >= 15 is 0 Å². The quantitative estimate of drug-likeness (QED) is 0.529. The Morgan fingerprint density at radius 1 is 0.909 bits per heavy atom. The number of aliphatic carboxylic acids is 2. The maximum absolute atomic E-state index is 14.0. The lowest BCUT2D eigenvalue weighted by atomic mass is 9.92. The number of para-hydroxylation sites is 1. The second-order valence-electron chi connectivity index (χ2n) is 9.66. The third kappa shape index (κ3) is 5.92. The third-order valence-corrected chi connectivity index (χ3v) is 7.67. The normalized spacial score (nSPS) is 27.9. The molecule has 2 aliphatic heterocycles. The zero-order valence-corrected chi connectivity index (χ0v) is 19.0. The van der Waals surface area contributed by atoms with Crippen molar-refractivity contribution in [1.29, 1.82) is 0 Å². The predicted octanol–water partition coefficient (Wildman–Crippen LogP) is 2.78. The Morgan fingerprint density at radius 3 is 2.12 bits per heavy atom. The van der Waals surface area contributed by atoms with Crippen molar-refractivity contribution in [2.75, 3.05) is 50.7 Å². The van der Waals surface area contributed by atoms with Crippen molar-refractivity contribution in [1.82, 2.24) is 9.80 Å². The summed E-state index contributed by atoms with van der Waals surface area (Å²) in [6.07, 6.45) is 10.4. The molecule has 8 heteroatoms. The highest BCUT2D eigenvalue weighted by molar-refractivity contribution is 6.27. The number of fused-ring (bicyclic) bond motifs is 2. The van der Waals surface area contributed by atoms with E-state index in [4.69, 9.17) is 19.8 Å². The number of likely N-dealkylation sites (tertiary alicyclic amines) is 1. The minimum absolute atomic E-state index is 0.0882. The first-order chi connectivity index (χ1) is 15.9. The molecule has 3 atom stereocenters. The zero-order valence-electron chi connectivity index (χ0n) is 19.0. The minimum Gasteiger partial charge on any atom is -0.473 e. The van der Waals surface area contributed by atoms with Crippen molar-refractivity contribution in [3.05, 3.63) is 42.2 Å². The molecule has 7 nitrogen and oxygen atoms in total. The Kier molecular flexibility index (Phi) is 7.65. The standard InChI is InChI=1S/C23H32FN3.C2H2O4/c24-22-3-1-2-4-23(22)27-13-11-26(12-14-27)21-7-9-25(10-8-21)17-20-16-18-5-6-19(20)15-18;3-1(4)2(5)6/h1-6,18-21H,7-17H2;(H,3,4)(H,5,6). The number of carboxylic acids is 2. The summed E-state index contributed by atoms with van der Waals surface area (Å²) in [5.41, 5.74) is 0.770. The van der Waals surface area contributed by atoms with E-state index in [1.54, 1.807) is 12.1 Å². The Hall–Kier alpha value is -2.45. The van der Waals surface area contributed by atoms with Crippen molar-refractivity contribution < 1.29 is 24.2 Å². The van der Waals surface area contributed by atoms with Crippen molar-refractivity contribution >= 4 is 17.6 Å². The number of carbonyl (C=O) groups is 2. The van der Waals surface area contributed by atoms with Gasteiger partial charge in [0, 0.05) is 38.8 Å². The SMILES string of the molecule is Fc1ccccc1N1CCN(C2CCN(CC3CC4C=CC3C4)CC2)CC1.O=C(O)C(=O)O. The molecule has 0 spiro atoms. The number of allylic oxidation sites excluding steroid dienone is 2. The lowest BCUT2D eigenvalue weighted by molar-refractivity contribution is -0.159. The molecule has 2 heterocycles. The Bertz CT molecular complexity index is 851. The molecule has 1 aromatic rings. The highest BCUT2D eigenvalue weighted by Crippen LogP contribution is 2.43. The predicted molar refractivity (Wildman–Crippen MR) is 124 cm³/mol. The van der Waals surface area contributed by atoms with Gasteiger partial charge < -0.3 is 20.0 Å². The molecule has 180 valence electrons. The van der Waals surface area contributed by atoms with Gasteiger partial charge in [0.05, 0.1) is 5.69 Å². The molecule has 33 heavy (non-hydrogen) atoms. The van der Waals surface area contributed by atoms with E-state index in [0.717, 1.165) is 55.7 Å². The maximum atomic E-state index is 14.0. The summed E-state index contributed by atoms with van der Waals surface area (Å²) in [7, 11) is 0. The van der Waals surface area contributed by atoms with E-state index in [9.17, 15) is 4.39 Å². The average molecular weight is 460 g/mol. The van der Waals surface area contributed by atoms with Gasteiger partial charge >= 0.3 is 11.9 Å². The largest absolute Gasteiger partial charge is 0.473 e. The summed E-state index contributed by atoms with van der Waals surface area (Å²) < 4.78 is 14.0. The van der Waals surface area contributed by atoms with Crippen LogP contribution in [0, 0.1) is 23.6 Å². The number of halogens is 1. The molecule has 0 aromatic heterocycles. The molecule has 3 fully saturated rings. The molecule has 1 saturated carbocycles. The molecule has 2 bridgehead atoms. The lowest BCUT2D eigenvalue weighted by Crippen LogP contribution is -2.53. The summed E-state index contributed by atoms with van der Waals surface area (Å²) >= 11 is 0. The molecule has 2 saturated heterocycles. The number of rotatable bonds is 4. The molecule has 4 aliphatic rings. The van der Waals surface area contributed by atoms with Crippen LogP contribution < -0.4 is 4.90 Å². The highest BCUT2D eigenvalue weighted by atomic mass is 19.1. The molecule has 2 N–H and O–H groups in total. The van der Waals surface area contributed by atoms with Crippen LogP contribution in [0.1, 0.15) is 25.7 Å². The Morgan fingerprint density at radius 2 is 1.58 bits per heavy atom. The van der Waals surface area contributed by atoms with Gasteiger partial charge in [-0.1, -0.05) is 24.3 Å². The third-order valence-electron chi connectivity index (χ3n) is 7.67. The van der Waals surface area contributed by atoms with E-state index in [0.29, 0.717) is 0 Å². The molecule has 1 aromatic carbocycles. The highest BCUT2D eigenvalue weighted by Gasteiger charge is 2.37. The first kappa shape index (κ1) is 23.7. The van der Waals surface area contributed by atoms with Gasteiger partial charge in [0.2, 0.25) is 0 Å². The van der Waals surface area contributed by atoms with Gasteiger partial charge in [0.25, 0.3) is 0 Å². The summed E-state index contributed by atoms with van der Waals surface area (Å²) in [5, 5.41) is 14.8. The summed E-state index contributed by atoms with van der Waals surface area (Å²) in [4.78, 5) is 25.8. The van der Waals surface area contributed by atoms with Gasteiger partial charge in [0.15, 0.2) is 0 Å². The minimum atomic E-state index is -1.82. The number of nitrogens with zero attached hydrogens (tertiary/aromatic N) is 3. The van der Waals surface area contributed by atoms with Crippen LogP contribution in [0.4, 0.5) is 10.1 Å². The molecular weight excluding hydrogens is 425 g/mol. The number of anilines is 1. The van der Waals surface area contributed by atoms with E-state index in [2.05, 4.69) is 26.9 Å². The fourth-order valence-electron chi connectivity index (χ4n) is 5.94. The van der Waals surface area contributed by atoms with Crippen LogP contribution in [0.3, 0.4) is 0 Å². The number of benzene rings is 1. The summed E-state index contributed by atoms with van der Waals surface area (Å²) in [6.45, 7) is 7.86. The second-order valence-corrected chi connectivity index (χ2v) is 9.66. The molecule has 2 aliphatic carbocycles. The van der Waals surface area contributed by atoms with Gasteiger partial charge in [-0.15, -0.1) is 0 Å². The van der Waals surface area contributed by atoms with Crippen LogP contribution in [0.2, 0.25) is 0 Å². The Balaban J connectivity index is 0.000000385. The van der Waals surface area contributed by atoms with Crippen LogP contribution in [-0.2, 0) is 9.59 Å². The van der Waals surface area contributed by atoms with Crippen molar-refractivity contribution in [3.63, 3.8) is 0 Å². The van der Waals surface area contributed by atoms with Crippen molar-refractivity contribution in [2.45, 2.75) is 31.7 Å². The van der Waals surface area contributed by atoms with Gasteiger partial charge in [-0.05, 0) is 68.7 Å². The van der Waals surface area contributed by atoms with E-state index in [1.165, 1.54) is 45.3 Å². The zero-order chi connectivity index (χ0) is 23.4. The topological polar surface area (TPSA) is 84.3 Å². The van der Waals surface area contributed by atoms with Crippen LogP contribution in [0.5, 0.6) is 0 Å². The lowest BCUT2D eigenvalue weighted by Gasteiger charge is -2.44. The monoisotopic (exact) mass is 459 g/mol. The van der Waals surface area contributed by atoms with Gasteiger partial charge in [-0.25, -0.2) is 14.0 Å². The van der Waals surface area contributed by atoms with Gasteiger partial charge in [-0.2, -0.15) is 0 Å². The van der Waals surface area contributed by atoms with Crippen LogP contribution in [-0.4, -0.2) is 83.8 Å². The molecule has 3 unspecified atom stereocenters. The smallest absolute Gasteiger partial charge is 0.414 e. The van der Waals surface area contributed by atoms with Crippen LogP contribution in [0.15, 0.2) is 36.4 Å². The first-order valence-corrected chi connectivity index (χ1v) is 12.0. The maximum Gasteiger partial charge on any atom is 0.414 e. The fourth-order valence-corrected chi connectivity index (χ4v) is 5.94. The Labute approximate surface area is 194 Å². The van der Waals surface area contributed by atoms with Crippen LogP contribution in [0.25, 0.3) is 0 Å². The van der Waals surface area contributed by atoms with E-state index < -0.39 is 11.9 Å². The number of hydrogen-bond donors (Lipinski definition) is 2. The summed E-state index contributed by atoms with van der Waals surface area (Å²) in [5.74, 6) is -1.05. The van der Waals surface area contributed by atoms with E-state index in [1.807, 2.05) is 12.1 Å². The number of piperidine rings is 1. The number of carboxylic acid groups (broad SMARTS) is 2. The number of hydrogen-bond acceptors (Lipinski definition) is 5. The van der Waals surface area contributed by atoms with Gasteiger partial charge in [-0.3, -0.25) is 4.90 Å². The van der Waals surface area contributed by atoms with Gasteiger partial charge in [0.1, 0.15) is 5.82 Å². The second kappa shape index (κ2) is 10.7. The van der Waals surface area contributed by atoms with E-state index in [-0.39, 0.29) is 5.82 Å². The molecule has 0 amide bonds. The average Bonchev–Trinajstić information content (AvgIpc) is 3.44. The van der Waals surface area contributed by atoms with Crippen molar-refractivity contribution in [2.24, 2.45) is 17.8 Å². The molecular formula is C25H34FN3O4. The number of piperazine rings is 1. The summed E-state index contributed by atoms with van der Waals surface area (Å²) in [6, 6.07) is 7.92. The molecule has 0 radical (unpaired) electrons. The fraction of sp³-hybridized carbons (Fsp3) is 0.600. The first-order valence-electron chi connectivity index (χ1n) is 12.0. The van der Waals surface area contributed by atoms with Crippen LogP contribution >= 0.6 is 0 Å².